The van der Waals surface area contributed by atoms with Crippen LogP contribution in [0.5, 0.6) is 0 Å². The van der Waals surface area contributed by atoms with Crippen LogP contribution >= 0.6 is 0 Å². The summed E-state index contributed by atoms with van der Waals surface area (Å²) < 4.78 is 7.25. The molecular formula is C16H20N4O2. The minimum atomic E-state index is -0.216. The fourth-order valence-corrected chi connectivity index (χ4v) is 2.52. The van der Waals surface area contributed by atoms with Crippen LogP contribution in [0, 0.1) is 5.92 Å². The number of carbonyl (C=O) groups is 1. The van der Waals surface area contributed by atoms with Gasteiger partial charge < -0.3 is 9.30 Å². The number of ether oxygens (including phenoxy) is 1. The summed E-state index contributed by atoms with van der Waals surface area (Å²) in [5.41, 5.74) is 1.00. The third-order valence-electron chi connectivity index (χ3n) is 3.79. The van der Waals surface area contributed by atoms with Crippen LogP contribution in [-0.2, 0) is 16.0 Å². The maximum atomic E-state index is 11.8. The molecule has 0 aromatic carbocycles. The highest BCUT2D eigenvalue weighted by Crippen LogP contribution is 2.39. The molecule has 0 saturated heterocycles. The van der Waals surface area contributed by atoms with Gasteiger partial charge in [0.05, 0.1) is 12.5 Å². The Hall–Kier alpha value is -2.24. The molecule has 6 nitrogen and oxygen atoms in total. The zero-order chi connectivity index (χ0) is 15.5. The topological polar surface area (TPSA) is 69.9 Å². The van der Waals surface area contributed by atoms with Crippen molar-refractivity contribution in [2.75, 3.05) is 6.61 Å². The number of nitrogens with zero attached hydrogens (tertiary/aromatic N) is 4. The normalized spacial score (nSPS) is 15.5. The van der Waals surface area contributed by atoms with Gasteiger partial charge in [-0.3, -0.25) is 9.78 Å². The van der Waals surface area contributed by atoms with E-state index >= 15 is 0 Å². The van der Waals surface area contributed by atoms with Gasteiger partial charge in [0.25, 0.3) is 0 Å². The molecular weight excluding hydrogens is 280 g/mol. The van der Waals surface area contributed by atoms with Gasteiger partial charge >= 0.3 is 5.97 Å². The molecule has 1 aliphatic carbocycles. The number of esters is 1. The Morgan fingerprint density at radius 1 is 1.36 bits per heavy atom. The van der Waals surface area contributed by atoms with Crippen molar-refractivity contribution in [1.82, 2.24) is 19.7 Å². The maximum absolute atomic E-state index is 11.8. The Balaban J connectivity index is 1.86. The molecule has 1 fully saturated rings. The van der Waals surface area contributed by atoms with E-state index in [-0.39, 0.29) is 11.9 Å². The lowest BCUT2D eigenvalue weighted by Crippen LogP contribution is -2.19. The quantitative estimate of drug-likeness (QED) is 0.766. The van der Waals surface area contributed by atoms with Crippen molar-refractivity contribution in [1.29, 1.82) is 0 Å². The number of pyridine rings is 1. The Labute approximate surface area is 129 Å². The van der Waals surface area contributed by atoms with Crippen molar-refractivity contribution in [3.8, 4) is 11.4 Å². The van der Waals surface area contributed by atoms with Gasteiger partial charge in [-0.05, 0) is 31.9 Å². The summed E-state index contributed by atoms with van der Waals surface area (Å²) in [6.07, 6.45) is 6.32. The molecule has 0 amide bonds. The molecule has 0 N–H and O–H groups in total. The fourth-order valence-electron chi connectivity index (χ4n) is 2.52. The Bertz CT molecular complexity index is 649. The van der Waals surface area contributed by atoms with E-state index in [1.54, 1.807) is 12.4 Å². The predicted octanol–water partition coefficient (Wildman–Crippen LogP) is 2.42. The summed E-state index contributed by atoms with van der Waals surface area (Å²) in [6.45, 7) is 4.09. The molecule has 1 saturated carbocycles. The van der Waals surface area contributed by atoms with Crippen LogP contribution in [0.2, 0.25) is 0 Å². The predicted molar refractivity (Wildman–Crippen MR) is 81.0 cm³/mol. The van der Waals surface area contributed by atoms with E-state index in [4.69, 9.17) is 4.74 Å². The van der Waals surface area contributed by atoms with Gasteiger partial charge in [0.1, 0.15) is 5.82 Å². The molecule has 6 heteroatoms. The van der Waals surface area contributed by atoms with Crippen LogP contribution in [0.15, 0.2) is 24.5 Å². The number of aromatic nitrogens is 4. The monoisotopic (exact) mass is 300 g/mol. The molecule has 1 aliphatic rings. The zero-order valence-corrected chi connectivity index (χ0v) is 12.9. The Morgan fingerprint density at radius 2 is 2.09 bits per heavy atom. The molecule has 3 rings (SSSR count). The average Bonchev–Trinajstić information content (AvgIpc) is 3.29. The molecule has 2 aromatic rings. The lowest BCUT2D eigenvalue weighted by atomic mass is 10.1. The largest absolute Gasteiger partial charge is 0.466 e. The molecule has 1 unspecified atom stereocenters. The molecule has 0 spiro atoms. The highest BCUT2D eigenvalue weighted by molar-refractivity contribution is 5.72. The molecule has 1 atom stereocenters. The summed E-state index contributed by atoms with van der Waals surface area (Å²) in [7, 11) is 0. The summed E-state index contributed by atoms with van der Waals surface area (Å²) >= 11 is 0. The lowest BCUT2D eigenvalue weighted by molar-refractivity contribution is -0.147. The van der Waals surface area contributed by atoms with Crippen molar-refractivity contribution < 1.29 is 9.53 Å². The van der Waals surface area contributed by atoms with Gasteiger partial charge in [-0.25, -0.2) is 0 Å². The van der Waals surface area contributed by atoms with Gasteiger partial charge in [0.2, 0.25) is 0 Å². The minimum Gasteiger partial charge on any atom is -0.466 e. The van der Waals surface area contributed by atoms with Crippen LogP contribution in [-0.4, -0.2) is 32.3 Å². The maximum Gasteiger partial charge on any atom is 0.309 e. The van der Waals surface area contributed by atoms with E-state index in [1.165, 1.54) is 0 Å². The first-order valence-electron chi connectivity index (χ1n) is 7.71. The smallest absolute Gasteiger partial charge is 0.309 e. The molecule has 2 heterocycles. The first-order chi connectivity index (χ1) is 10.7. The van der Waals surface area contributed by atoms with Crippen molar-refractivity contribution in [2.45, 2.75) is 39.2 Å². The number of hydrogen-bond donors (Lipinski definition) is 0. The number of carbonyl (C=O) groups excluding carboxylic acids is 1. The van der Waals surface area contributed by atoms with E-state index in [1.807, 2.05) is 26.0 Å². The first-order valence-corrected chi connectivity index (χ1v) is 7.71. The second kappa shape index (κ2) is 6.25. The molecule has 0 aliphatic heterocycles. The number of rotatable bonds is 6. The van der Waals surface area contributed by atoms with E-state index in [0.717, 1.165) is 30.1 Å². The summed E-state index contributed by atoms with van der Waals surface area (Å²) in [6, 6.07) is 4.31. The highest BCUT2D eigenvalue weighted by Gasteiger charge is 2.31. The molecule has 2 aromatic heterocycles. The second-order valence-corrected chi connectivity index (χ2v) is 5.63. The average molecular weight is 300 g/mol. The SMILES string of the molecule is CCOC(=O)C(C)Cc1nnc(-c2ccncc2)n1C1CC1. The van der Waals surface area contributed by atoms with Gasteiger partial charge in [-0.1, -0.05) is 6.92 Å². The second-order valence-electron chi connectivity index (χ2n) is 5.63. The van der Waals surface area contributed by atoms with Crippen LogP contribution < -0.4 is 0 Å². The van der Waals surface area contributed by atoms with Gasteiger partial charge in [0, 0.05) is 30.4 Å². The van der Waals surface area contributed by atoms with Crippen LogP contribution in [0.25, 0.3) is 11.4 Å². The van der Waals surface area contributed by atoms with E-state index in [2.05, 4.69) is 19.7 Å². The third-order valence-corrected chi connectivity index (χ3v) is 3.79. The van der Waals surface area contributed by atoms with Crippen LogP contribution in [0.1, 0.15) is 38.6 Å². The van der Waals surface area contributed by atoms with Crippen molar-refractivity contribution in [2.24, 2.45) is 5.92 Å². The Kier molecular flexibility index (Phi) is 4.18. The molecule has 22 heavy (non-hydrogen) atoms. The standard InChI is InChI=1S/C16H20N4O2/c1-3-22-16(21)11(2)10-14-18-19-15(20(14)13-4-5-13)12-6-8-17-9-7-12/h6-9,11,13H,3-5,10H2,1-2H3. The van der Waals surface area contributed by atoms with Crippen molar-refractivity contribution >= 4 is 5.97 Å². The number of hydrogen-bond acceptors (Lipinski definition) is 5. The zero-order valence-electron chi connectivity index (χ0n) is 12.9. The van der Waals surface area contributed by atoms with Gasteiger partial charge in [-0.15, -0.1) is 10.2 Å². The molecule has 0 bridgehead atoms. The van der Waals surface area contributed by atoms with Gasteiger partial charge in [0.15, 0.2) is 5.82 Å². The summed E-state index contributed by atoms with van der Waals surface area (Å²) in [5.74, 6) is 1.32. The van der Waals surface area contributed by atoms with E-state index in [0.29, 0.717) is 19.1 Å². The van der Waals surface area contributed by atoms with Gasteiger partial charge in [-0.2, -0.15) is 0 Å². The minimum absolute atomic E-state index is 0.182. The Morgan fingerprint density at radius 3 is 2.73 bits per heavy atom. The van der Waals surface area contributed by atoms with Crippen molar-refractivity contribution in [3.63, 3.8) is 0 Å². The third kappa shape index (κ3) is 3.00. The molecule has 116 valence electrons. The summed E-state index contributed by atoms with van der Waals surface area (Å²) in [5, 5.41) is 8.66. The molecule has 0 radical (unpaired) electrons. The highest BCUT2D eigenvalue weighted by atomic mass is 16.5. The fraction of sp³-hybridized carbons (Fsp3) is 0.500. The van der Waals surface area contributed by atoms with Crippen LogP contribution in [0.4, 0.5) is 0 Å². The van der Waals surface area contributed by atoms with E-state index in [9.17, 15) is 4.79 Å². The first kappa shape index (κ1) is 14.7. The van der Waals surface area contributed by atoms with E-state index < -0.39 is 0 Å². The van der Waals surface area contributed by atoms with Crippen molar-refractivity contribution in [3.05, 3.63) is 30.4 Å². The lowest BCUT2D eigenvalue weighted by Gasteiger charge is -2.12. The summed E-state index contributed by atoms with van der Waals surface area (Å²) in [4.78, 5) is 15.9. The van der Waals surface area contributed by atoms with Crippen LogP contribution in [0.3, 0.4) is 0 Å².